The van der Waals surface area contributed by atoms with Crippen molar-refractivity contribution in [3.8, 4) is 6.07 Å². The fourth-order valence-corrected chi connectivity index (χ4v) is 1.36. The Morgan fingerprint density at radius 1 is 1.47 bits per heavy atom. The molecule has 0 heterocycles. The maximum atomic E-state index is 8.92. The number of nitriles is 1. The van der Waals surface area contributed by atoms with Gasteiger partial charge in [-0.15, -0.1) is 0 Å². The second kappa shape index (κ2) is 8.26. The van der Waals surface area contributed by atoms with E-state index in [0.29, 0.717) is 5.92 Å². The lowest BCUT2D eigenvalue weighted by Crippen LogP contribution is -2.07. The van der Waals surface area contributed by atoms with Crippen molar-refractivity contribution in [3.05, 3.63) is 23.3 Å². The Kier molecular flexibility index (Phi) is 7.67. The summed E-state index contributed by atoms with van der Waals surface area (Å²) in [4.78, 5) is 0. The number of nitrogens with zero attached hydrogens (tertiary/aromatic N) is 1. The monoisotopic (exact) mass is 206 g/mol. The van der Waals surface area contributed by atoms with Crippen LogP contribution in [0.1, 0.15) is 33.6 Å². The summed E-state index contributed by atoms with van der Waals surface area (Å²) in [6.07, 6.45) is 6.18. The summed E-state index contributed by atoms with van der Waals surface area (Å²) in [7, 11) is 1.96. The minimum Gasteiger partial charge on any atom is -0.320 e. The minimum absolute atomic E-state index is 0.431. The molecule has 84 valence electrons. The first-order valence-corrected chi connectivity index (χ1v) is 5.53. The van der Waals surface area contributed by atoms with E-state index in [2.05, 4.69) is 32.2 Å². The summed E-state index contributed by atoms with van der Waals surface area (Å²) in [6.45, 7) is 7.28. The Balaban J connectivity index is 4.25. The molecule has 1 N–H and O–H groups in total. The first-order chi connectivity index (χ1) is 7.10. The summed E-state index contributed by atoms with van der Waals surface area (Å²) in [5.74, 6) is 0.431. The Bertz CT molecular complexity index is 267. The molecule has 0 rings (SSSR count). The highest BCUT2D eigenvalue weighted by molar-refractivity contribution is 5.35. The van der Waals surface area contributed by atoms with Crippen molar-refractivity contribution < 1.29 is 0 Å². The van der Waals surface area contributed by atoms with Gasteiger partial charge in [0.25, 0.3) is 0 Å². The first kappa shape index (κ1) is 13.9. The van der Waals surface area contributed by atoms with Gasteiger partial charge in [0.05, 0.1) is 6.07 Å². The fourth-order valence-electron chi connectivity index (χ4n) is 1.36. The average molecular weight is 206 g/mol. The molecule has 0 aromatic carbocycles. The summed E-state index contributed by atoms with van der Waals surface area (Å²) >= 11 is 0. The number of rotatable bonds is 6. The molecule has 0 aliphatic carbocycles. The maximum absolute atomic E-state index is 8.92. The van der Waals surface area contributed by atoms with Crippen molar-refractivity contribution in [3.63, 3.8) is 0 Å². The fraction of sp³-hybridized carbons (Fsp3) is 0.615. The van der Waals surface area contributed by atoms with Crippen LogP contribution in [0.2, 0.25) is 0 Å². The van der Waals surface area contributed by atoms with Crippen LogP contribution in [0.4, 0.5) is 0 Å². The molecule has 0 spiro atoms. The largest absolute Gasteiger partial charge is 0.320 e. The van der Waals surface area contributed by atoms with Gasteiger partial charge in [0, 0.05) is 5.57 Å². The standard InChI is InChI=1S/C13H22N2/c1-11(2)8-13(10-14)9-12(3)6-5-7-15-4/h8-9,11,15H,5-7H2,1-4H3/b12-9+,13-8+. The van der Waals surface area contributed by atoms with E-state index >= 15 is 0 Å². The lowest BCUT2D eigenvalue weighted by Gasteiger charge is -2.01. The Morgan fingerprint density at radius 2 is 2.13 bits per heavy atom. The molecule has 0 unspecified atom stereocenters. The van der Waals surface area contributed by atoms with E-state index in [-0.39, 0.29) is 0 Å². The zero-order valence-corrected chi connectivity index (χ0v) is 10.3. The van der Waals surface area contributed by atoms with E-state index < -0.39 is 0 Å². The van der Waals surface area contributed by atoms with E-state index in [1.54, 1.807) is 0 Å². The van der Waals surface area contributed by atoms with Crippen molar-refractivity contribution in [1.29, 1.82) is 5.26 Å². The zero-order valence-electron chi connectivity index (χ0n) is 10.3. The molecule has 0 aromatic heterocycles. The molecule has 0 aliphatic rings. The molecular formula is C13H22N2. The normalized spacial score (nSPS) is 13.1. The molecule has 0 amide bonds. The number of nitrogens with one attached hydrogen (secondary N) is 1. The molecule has 2 heteroatoms. The quantitative estimate of drug-likeness (QED) is 0.412. The van der Waals surface area contributed by atoms with Gasteiger partial charge in [0.1, 0.15) is 0 Å². The molecule has 0 aromatic rings. The van der Waals surface area contributed by atoms with E-state index in [9.17, 15) is 0 Å². The number of hydrogen-bond donors (Lipinski definition) is 1. The van der Waals surface area contributed by atoms with E-state index in [1.165, 1.54) is 5.57 Å². The maximum Gasteiger partial charge on any atom is 0.0988 e. The van der Waals surface area contributed by atoms with Crippen LogP contribution in [0, 0.1) is 17.2 Å². The molecule has 0 bridgehead atoms. The van der Waals surface area contributed by atoms with Crippen molar-refractivity contribution in [1.82, 2.24) is 5.32 Å². The van der Waals surface area contributed by atoms with Gasteiger partial charge in [-0.3, -0.25) is 0 Å². The van der Waals surface area contributed by atoms with E-state index in [0.717, 1.165) is 25.0 Å². The molecule has 0 saturated heterocycles. The summed E-state index contributed by atoms with van der Waals surface area (Å²) < 4.78 is 0. The lowest BCUT2D eigenvalue weighted by atomic mass is 10.1. The lowest BCUT2D eigenvalue weighted by molar-refractivity contribution is 0.720. The van der Waals surface area contributed by atoms with Gasteiger partial charge in [0.2, 0.25) is 0 Å². The zero-order chi connectivity index (χ0) is 11.7. The topological polar surface area (TPSA) is 35.8 Å². The smallest absolute Gasteiger partial charge is 0.0988 e. The van der Waals surface area contributed by atoms with Crippen molar-refractivity contribution >= 4 is 0 Å². The predicted octanol–water partition coefficient (Wildman–Crippen LogP) is 3.04. The molecule has 0 aliphatic heterocycles. The Hall–Kier alpha value is -1.07. The van der Waals surface area contributed by atoms with Crippen molar-refractivity contribution in [2.45, 2.75) is 33.6 Å². The van der Waals surface area contributed by atoms with Crippen LogP contribution < -0.4 is 5.32 Å². The SMILES string of the molecule is CNCCC/C(C)=C/C(C#N)=C\C(C)C. The van der Waals surface area contributed by atoms with Crippen LogP contribution in [0.25, 0.3) is 0 Å². The molecule has 0 fully saturated rings. The van der Waals surface area contributed by atoms with Gasteiger partial charge in [-0.25, -0.2) is 0 Å². The average Bonchev–Trinajstić information content (AvgIpc) is 2.16. The number of hydrogen-bond acceptors (Lipinski definition) is 2. The van der Waals surface area contributed by atoms with Crippen molar-refractivity contribution in [2.75, 3.05) is 13.6 Å². The van der Waals surface area contributed by atoms with Gasteiger partial charge in [-0.2, -0.15) is 5.26 Å². The summed E-state index contributed by atoms with van der Waals surface area (Å²) in [5.41, 5.74) is 2.06. The van der Waals surface area contributed by atoms with Gasteiger partial charge in [0.15, 0.2) is 0 Å². The van der Waals surface area contributed by atoms with E-state index in [4.69, 9.17) is 5.26 Å². The third-order valence-electron chi connectivity index (χ3n) is 2.04. The predicted molar refractivity (Wildman–Crippen MR) is 65.5 cm³/mol. The molecule has 0 atom stereocenters. The summed E-state index contributed by atoms with van der Waals surface area (Å²) in [5, 5.41) is 12.0. The van der Waals surface area contributed by atoms with Crippen LogP contribution >= 0.6 is 0 Å². The third kappa shape index (κ3) is 7.96. The van der Waals surface area contributed by atoms with Gasteiger partial charge in [-0.05, 0) is 45.4 Å². The Labute approximate surface area is 93.7 Å². The summed E-state index contributed by atoms with van der Waals surface area (Å²) in [6, 6.07) is 2.22. The molecule has 2 nitrogen and oxygen atoms in total. The van der Waals surface area contributed by atoms with Crippen LogP contribution in [-0.2, 0) is 0 Å². The van der Waals surface area contributed by atoms with Crippen LogP contribution in [0.5, 0.6) is 0 Å². The number of allylic oxidation sites excluding steroid dienone is 4. The molecule has 15 heavy (non-hydrogen) atoms. The minimum atomic E-state index is 0.431. The van der Waals surface area contributed by atoms with Crippen LogP contribution in [0.15, 0.2) is 23.3 Å². The van der Waals surface area contributed by atoms with Gasteiger partial charge < -0.3 is 5.32 Å². The van der Waals surface area contributed by atoms with Gasteiger partial charge >= 0.3 is 0 Å². The molecule has 0 saturated carbocycles. The highest BCUT2D eigenvalue weighted by atomic mass is 14.8. The van der Waals surface area contributed by atoms with Crippen LogP contribution in [-0.4, -0.2) is 13.6 Å². The van der Waals surface area contributed by atoms with Crippen molar-refractivity contribution in [2.24, 2.45) is 5.92 Å². The van der Waals surface area contributed by atoms with Crippen LogP contribution in [0.3, 0.4) is 0 Å². The molecular weight excluding hydrogens is 184 g/mol. The second-order valence-electron chi connectivity index (χ2n) is 4.18. The molecule has 0 radical (unpaired) electrons. The Morgan fingerprint density at radius 3 is 2.60 bits per heavy atom. The highest BCUT2D eigenvalue weighted by Crippen LogP contribution is 2.10. The van der Waals surface area contributed by atoms with Gasteiger partial charge in [-0.1, -0.05) is 25.5 Å². The highest BCUT2D eigenvalue weighted by Gasteiger charge is 1.96. The second-order valence-corrected chi connectivity index (χ2v) is 4.18. The third-order valence-corrected chi connectivity index (χ3v) is 2.04. The first-order valence-electron chi connectivity index (χ1n) is 5.53. The van der Waals surface area contributed by atoms with E-state index in [1.807, 2.05) is 19.2 Å².